The van der Waals surface area contributed by atoms with Gasteiger partial charge in [-0.15, -0.1) is 0 Å². The van der Waals surface area contributed by atoms with Crippen LogP contribution in [0.15, 0.2) is 65.6 Å². The van der Waals surface area contributed by atoms with Crippen molar-refractivity contribution in [3.05, 3.63) is 77.4 Å². The number of primary sulfonamides is 1. The molecule has 1 amide bonds. The van der Waals surface area contributed by atoms with Gasteiger partial charge in [0.15, 0.2) is 0 Å². The average Bonchev–Trinajstić information content (AvgIpc) is 2.82. The fraction of sp³-hybridized carbons (Fsp3) is 0.208. The number of amides is 1. The number of sulfonamides is 1. The van der Waals surface area contributed by atoms with Crippen LogP contribution in [0.25, 0.3) is 11.1 Å². The van der Waals surface area contributed by atoms with Gasteiger partial charge in [0.25, 0.3) is 12.3 Å². The summed E-state index contributed by atoms with van der Waals surface area (Å²) in [5, 5.41) is 10.2. The third-order valence-corrected chi connectivity index (χ3v) is 6.18. The zero-order chi connectivity index (χ0) is 27.4. The molecule has 0 aromatic heterocycles. The van der Waals surface area contributed by atoms with Crippen LogP contribution in [0.4, 0.5) is 27.6 Å². The highest BCUT2D eigenvalue weighted by atomic mass is 32.2. The summed E-state index contributed by atoms with van der Waals surface area (Å²) in [6, 6.07) is 12.4. The van der Waals surface area contributed by atoms with Crippen molar-refractivity contribution in [1.29, 1.82) is 0 Å². The predicted molar refractivity (Wildman–Crippen MR) is 127 cm³/mol. The minimum atomic E-state index is -4.65. The third-order valence-electron chi connectivity index (χ3n) is 5.23. The zero-order valence-corrected chi connectivity index (χ0v) is 20.1. The van der Waals surface area contributed by atoms with Crippen molar-refractivity contribution in [2.45, 2.75) is 24.0 Å². The largest absolute Gasteiger partial charge is 0.495 e. The molecular formula is C24H22F5N3O4S. The molecule has 3 aromatic carbocycles. The number of hydrogen-bond donors (Lipinski definition) is 3. The van der Waals surface area contributed by atoms with Gasteiger partial charge < -0.3 is 15.4 Å². The van der Waals surface area contributed by atoms with E-state index in [4.69, 9.17) is 9.88 Å². The Morgan fingerprint density at radius 2 is 1.73 bits per heavy atom. The van der Waals surface area contributed by atoms with Crippen molar-refractivity contribution in [2.24, 2.45) is 5.14 Å². The van der Waals surface area contributed by atoms with Gasteiger partial charge in [0, 0.05) is 17.8 Å². The monoisotopic (exact) mass is 543 g/mol. The van der Waals surface area contributed by atoms with Crippen molar-refractivity contribution >= 4 is 21.6 Å². The van der Waals surface area contributed by atoms with Crippen LogP contribution in [0.3, 0.4) is 0 Å². The zero-order valence-electron chi connectivity index (χ0n) is 19.3. The Balaban J connectivity index is 1.98. The Labute approximate surface area is 209 Å². The molecule has 0 aliphatic rings. The molecule has 0 aliphatic carbocycles. The summed E-state index contributed by atoms with van der Waals surface area (Å²) in [5.41, 5.74) is -0.493. The lowest BCUT2D eigenvalue weighted by molar-refractivity contribution is -0.137. The number of nitrogens with two attached hydrogens (primary N) is 1. The SMILES string of the molecule is COc1cc(C(=O)Nc2ccc(-c3ccccc3C(F)(F)F)c(CNCC(F)F)c2)ccc1S(N)(=O)=O. The molecule has 3 rings (SSSR count). The molecule has 0 atom stereocenters. The normalized spacial score (nSPS) is 12.0. The van der Waals surface area contributed by atoms with Gasteiger partial charge in [-0.05, 0) is 53.1 Å². The third kappa shape index (κ3) is 7.02. The van der Waals surface area contributed by atoms with Crippen molar-refractivity contribution in [3.8, 4) is 16.9 Å². The molecule has 37 heavy (non-hydrogen) atoms. The first-order chi connectivity index (χ1) is 17.3. The Morgan fingerprint density at radius 1 is 1.03 bits per heavy atom. The fourth-order valence-electron chi connectivity index (χ4n) is 3.61. The Kier molecular flexibility index (Phi) is 8.51. The van der Waals surface area contributed by atoms with Gasteiger partial charge >= 0.3 is 6.18 Å². The number of carbonyl (C=O) groups excluding carboxylic acids is 1. The van der Waals surface area contributed by atoms with Crippen molar-refractivity contribution < 1.29 is 39.9 Å². The van der Waals surface area contributed by atoms with E-state index in [1.165, 1.54) is 49.6 Å². The van der Waals surface area contributed by atoms with Gasteiger partial charge in [-0.3, -0.25) is 4.79 Å². The molecular weight excluding hydrogens is 521 g/mol. The number of alkyl halides is 5. The molecule has 0 heterocycles. The van der Waals surface area contributed by atoms with E-state index in [0.29, 0.717) is 0 Å². The number of anilines is 1. The molecule has 7 nitrogen and oxygen atoms in total. The lowest BCUT2D eigenvalue weighted by Crippen LogP contribution is -2.21. The summed E-state index contributed by atoms with van der Waals surface area (Å²) < 4.78 is 94.4. The first-order valence-electron chi connectivity index (χ1n) is 10.6. The summed E-state index contributed by atoms with van der Waals surface area (Å²) in [4.78, 5) is 12.5. The van der Waals surface area contributed by atoms with Crippen LogP contribution < -0.4 is 20.5 Å². The van der Waals surface area contributed by atoms with E-state index in [0.717, 1.165) is 18.2 Å². The topological polar surface area (TPSA) is 111 Å². The first kappa shape index (κ1) is 28.0. The fourth-order valence-corrected chi connectivity index (χ4v) is 4.29. The number of methoxy groups -OCH3 is 1. The quantitative estimate of drug-likeness (QED) is 0.341. The van der Waals surface area contributed by atoms with Crippen LogP contribution in [0.1, 0.15) is 21.5 Å². The second-order valence-electron chi connectivity index (χ2n) is 7.80. The molecule has 0 saturated heterocycles. The number of carbonyl (C=O) groups is 1. The second kappa shape index (κ2) is 11.2. The van der Waals surface area contributed by atoms with Gasteiger partial charge in [-0.1, -0.05) is 24.3 Å². The highest BCUT2D eigenvalue weighted by molar-refractivity contribution is 7.89. The van der Waals surface area contributed by atoms with Crippen LogP contribution in [-0.2, 0) is 22.7 Å². The molecule has 0 fully saturated rings. The number of halogens is 5. The molecule has 3 aromatic rings. The van der Waals surface area contributed by atoms with E-state index in [9.17, 15) is 35.2 Å². The highest BCUT2D eigenvalue weighted by Gasteiger charge is 2.33. The van der Waals surface area contributed by atoms with E-state index in [-0.39, 0.29) is 45.1 Å². The Hall–Kier alpha value is -3.55. The van der Waals surface area contributed by atoms with Crippen LogP contribution >= 0.6 is 0 Å². The maximum Gasteiger partial charge on any atom is 0.417 e. The molecule has 4 N–H and O–H groups in total. The first-order valence-corrected chi connectivity index (χ1v) is 12.2. The molecule has 0 bridgehead atoms. The van der Waals surface area contributed by atoms with E-state index in [2.05, 4.69) is 10.6 Å². The van der Waals surface area contributed by atoms with E-state index < -0.39 is 40.6 Å². The summed E-state index contributed by atoms with van der Waals surface area (Å²) in [5.74, 6) is -0.847. The molecule has 0 radical (unpaired) electrons. The number of benzene rings is 3. The van der Waals surface area contributed by atoms with E-state index in [1.807, 2.05) is 0 Å². The van der Waals surface area contributed by atoms with Gasteiger partial charge in [0.2, 0.25) is 10.0 Å². The molecule has 13 heteroatoms. The van der Waals surface area contributed by atoms with Crippen molar-refractivity contribution in [3.63, 3.8) is 0 Å². The smallest absolute Gasteiger partial charge is 0.417 e. The van der Waals surface area contributed by atoms with Crippen molar-refractivity contribution in [1.82, 2.24) is 5.32 Å². The molecule has 0 spiro atoms. The van der Waals surface area contributed by atoms with E-state index in [1.54, 1.807) is 0 Å². The summed E-state index contributed by atoms with van der Waals surface area (Å²) >= 11 is 0. The lowest BCUT2D eigenvalue weighted by atomic mass is 9.94. The average molecular weight is 544 g/mol. The lowest BCUT2D eigenvalue weighted by Gasteiger charge is -2.18. The summed E-state index contributed by atoms with van der Waals surface area (Å²) in [6.07, 6.45) is -7.33. The maximum atomic E-state index is 13.6. The van der Waals surface area contributed by atoms with E-state index >= 15 is 0 Å². The number of hydrogen-bond acceptors (Lipinski definition) is 5. The van der Waals surface area contributed by atoms with Gasteiger partial charge in [-0.25, -0.2) is 22.3 Å². The standard InChI is InChI=1S/C24H22F5N3O4S/c1-36-20-11-14(6-9-21(20)37(30,34)35)23(33)32-16-7-8-17(15(10-16)12-31-13-22(25)26)18-4-2-3-5-19(18)24(27,28)29/h2-11,22,31H,12-13H2,1H3,(H,32,33)(H2,30,34,35). The summed E-state index contributed by atoms with van der Waals surface area (Å²) in [6.45, 7) is -0.889. The highest BCUT2D eigenvalue weighted by Crippen LogP contribution is 2.38. The van der Waals surface area contributed by atoms with Crippen molar-refractivity contribution in [2.75, 3.05) is 19.0 Å². The van der Waals surface area contributed by atoms with Crippen LogP contribution in [0, 0.1) is 0 Å². The van der Waals surface area contributed by atoms with Crippen LogP contribution in [0.5, 0.6) is 5.75 Å². The maximum absolute atomic E-state index is 13.6. The Bertz CT molecular complexity index is 1400. The van der Waals surface area contributed by atoms with Crippen LogP contribution in [-0.4, -0.2) is 34.4 Å². The summed E-state index contributed by atoms with van der Waals surface area (Å²) in [7, 11) is -2.91. The van der Waals surface area contributed by atoms with Gasteiger partial charge in [0.05, 0.1) is 19.2 Å². The molecule has 0 unspecified atom stereocenters. The number of nitrogens with one attached hydrogen (secondary N) is 2. The van der Waals surface area contributed by atoms with Gasteiger partial charge in [0.1, 0.15) is 10.6 Å². The minimum Gasteiger partial charge on any atom is -0.495 e. The predicted octanol–water partition coefficient (Wildman–Crippen LogP) is 4.64. The molecule has 0 saturated carbocycles. The van der Waals surface area contributed by atoms with Gasteiger partial charge in [-0.2, -0.15) is 13.2 Å². The number of ether oxygens (including phenoxy) is 1. The molecule has 0 aliphatic heterocycles. The minimum absolute atomic E-state index is 0.00752. The van der Waals surface area contributed by atoms with Crippen LogP contribution in [0.2, 0.25) is 0 Å². The second-order valence-corrected chi connectivity index (χ2v) is 9.33. The molecule has 198 valence electrons. The Morgan fingerprint density at radius 3 is 2.35 bits per heavy atom. The number of rotatable bonds is 9.